The van der Waals surface area contributed by atoms with E-state index in [4.69, 9.17) is 22.1 Å². The molecule has 2 nitrogen and oxygen atoms in total. The first kappa shape index (κ1) is 14.8. The van der Waals surface area contributed by atoms with Crippen LogP contribution in [0.4, 0.5) is 4.39 Å². The third-order valence-electron chi connectivity index (χ3n) is 2.92. The second-order valence-electron chi connectivity index (χ2n) is 4.86. The summed E-state index contributed by atoms with van der Waals surface area (Å²) >= 11 is 5.81. The fourth-order valence-corrected chi connectivity index (χ4v) is 2.17. The van der Waals surface area contributed by atoms with E-state index < -0.39 is 11.9 Å². The van der Waals surface area contributed by atoms with Crippen molar-refractivity contribution in [1.82, 2.24) is 0 Å². The minimum Gasteiger partial charge on any atom is -0.491 e. The van der Waals surface area contributed by atoms with Crippen molar-refractivity contribution in [3.63, 3.8) is 0 Å². The Bertz CT molecular complexity index is 601. The largest absolute Gasteiger partial charge is 0.491 e. The summed E-state index contributed by atoms with van der Waals surface area (Å²) in [5, 5.41) is 0.0696. The summed E-state index contributed by atoms with van der Waals surface area (Å²) in [4.78, 5) is 0. The third kappa shape index (κ3) is 3.30. The summed E-state index contributed by atoms with van der Waals surface area (Å²) in [6.07, 6.45) is 0.0557. The average Bonchev–Trinajstić information content (AvgIpc) is 2.41. The number of hydrogen-bond acceptors (Lipinski definition) is 2. The fraction of sp³-hybridized carbons (Fsp3) is 0.250. The lowest BCUT2D eigenvalue weighted by Crippen LogP contribution is -2.15. The average molecular weight is 294 g/mol. The molecule has 1 atom stereocenters. The zero-order chi connectivity index (χ0) is 14.7. The molecule has 4 heteroatoms. The molecule has 0 heterocycles. The fourth-order valence-electron chi connectivity index (χ4n) is 1.98. The van der Waals surface area contributed by atoms with Gasteiger partial charge in [-0.2, -0.15) is 0 Å². The number of benzene rings is 2. The lowest BCUT2D eigenvalue weighted by atomic mass is 9.98. The summed E-state index contributed by atoms with van der Waals surface area (Å²) < 4.78 is 19.0. The molecular weight excluding hydrogens is 277 g/mol. The Morgan fingerprint density at radius 2 is 1.85 bits per heavy atom. The summed E-state index contributed by atoms with van der Waals surface area (Å²) in [5.74, 6) is 0.282. The van der Waals surface area contributed by atoms with Crippen LogP contribution in [0, 0.1) is 5.82 Å². The number of rotatable bonds is 4. The highest BCUT2D eigenvalue weighted by Gasteiger charge is 2.16. The van der Waals surface area contributed by atoms with Crippen LogP contribution in [0.3, 0.4) is 0 Å². The third-order valence-corrected chi connectivity index (χ3v) is 3.21. The van der Waals surface area contributed by atoms with Crippen LogP contribution in [0.2, 0.25) is 5.02 Å². The van der Waals surface area contributed by atoms with Gasteiger partial charge in [0.05, 0.1) is 17.2 Å². The Hall–Kier alpha value is -1.58. The van der Waals surface area contributed by atoms with Crippen molar-refractivity contribution < 1.29 is 9.13 Å². The van der Waals surface area contributed by atoms with Crippen molar-refractivity contribution >= 4 is 11.6 Å². The second-order valence-corrected chi connectivity index (χ2v) is 5.26. The minimum absolute atomic E-state index is 0.0557. The molecule has 1 unspecified atom stereocenters. The molecule has 0 saturated carbocycles. The summed E-state index contributed by atoms with van der Waals surface area (Å²) in [7, 11) is 0. The van der Waals surface area contributed by atoms with E-state index in [0.717, 1.165) is 16.9 Å². The van der Waals surface area contributed by atoms with Gasteiger partial charge < -0.3 is 10.5 Å². The quantitative estimate of drug-likeness (QED) is 0.911. The number of nitrogens with two attached hydrogens (primary N) is 1. The molecular formula is C16H17ClFNO. The van der Waals surface area contributed by atoms with Gasteiger partial charge in [0.25, 0.3) is 0 Å². The maximum Gasteiger partial charge on any atom is 0.141 e. The molecule has 0 aliphatic carbocycles. The maximum absolute atomic E-state index is 13.2. The lowest BCUT2D eigenvalue weighted by Gasteiger charge is -2.19. The van der Waals surface area contributed by atoms with Crippen molar-refractivity contribution in [2.75, 3.05) is 0 Å². The van der Waals surface area contributed by atoms with Crippen molar-refractivity contribution in [2.24, 2.45) is 5.73 Å². The van der Waals surface area contributed by atoms with Gasteiger partial charge in [0.15, 0.2) is 0 Å². The SMILES string of the molecule is CC(C)Oc1ccccc1C(N)c1ccc(F)c(Cl)c1. The molecule has 0 bridgehead atoms. The molecule has 0 aromatic heterocycles. The van der Waals surface area contributed by atoms with Crippen LogP contribution in [-0.2, 0) is 0 Å². The first-order valence-corrected chi connectivity index (χ1v) is 6.83. The number of hydrogen-bond donors (Lipinski definition) is 1. The molecule has 2 aromatic rings. The molecule has 0 amide bonds. The van der Waals surface area contributed by atoms with Gasteiger partial charge in [-0.15, -0.1) is 0 Å². The van der Waals surface area contributed by atoms with Crippen LogP contribution in [0.25, 0.3) is 0 Å². The van der Waals surface area contributed by atoms with E-state index >= 15 is 0 Å². The van der Waals surface area contributed by atoms with Crippen LogP contribution in [0.15, 0.2) is 42.5 Å². The predicted molar refractivity (Wildman–Crippen MR) is 79.6 cm³/mol. The minimum atomic E-state index is -0.450. The molecule has 0 aliphatic heterocycles. The molecule has 0 aliphatic rings. The van der Waals surface area contributed by atoms with Gasteiger partial charge in [0.1, 0.15) is 11.6 Å². The molecule has 0 spiro atoms. The summed E-state index contributed by atoms with van der Waals surface area (Å²) in [5.41, 5.74) is 7.85. The topological polar surface area (TPSA) is 35.2 Å². The highest BCUT2D eigenvalue weighted by atomic mass is 35.5. The monoisotopic (exact) mass is 293 g/mol. The number of halogens is 2. The predicted octanol–water partition coefficient (Wildman–Crippen LogP) is 4.31. The summed E-state index contributed by atoms with van der Waals surface area (Å²) in [6.45, 7) is 3.91. The number of para-hydroxylation sites is 1. The van der Waals surface area contributed by atoms with E-state index in [1.165, 1.54) is 6.07 Å². The Kier molecular flexibility index (Phi) is 4.63. The first-order valence-electron chi connectivity index (χ1n) is 6.45. The van der Waals surface area contributed by atoms with Crippen molar-refractivity contribution in [1.29, 1.82) is 0 Å². The normalized spacial score (nSPS) is 12.5. The van der Waals surface area contributed by atoms with Crippen LogP contribution in [0.5, 0.6) is 5.75 Å². The zero-order valence-electron chi connectivity index (χ0n) is 11.4. The van der Waals surface area contributed by atoms with Gasteiger partial charge in [-0.05, 0) is 37.6 Å². The van der Waals surface area contributed by atoms with Gasteiger partial charge in [-0.3, -0.25) is 0 Å². The van der Waals surface area contributed by atoms with Crippen molar-refractivity contribution in [3.05, 3.63) is 64.4 Å². The van der Waals surface area contributed by atoms with Gasteiger partial charge >= 0.3 is 0 Å². The molecule has 0 saturated heterocycles. The van der Waals surface area contributed by atoms with Crippen molar-refractivity contribution in [3.8, 4) is 5.75 Å². The van der Waals surface area contributed by atoms with E-state index in [-0.39, 0.29) is 11.1 Å². The van der Waals surface area contributed by atoms with Gasteiger partial charge in [0.2, 0.25) is 0 Å². The molecule has 0 fully saturated rings. The molecule has 2 N–H and O–H groups in total. The highest BCUT2D eigenvalue weighted by molar-refractivity contribution is 6.30. The summed E-state index contributed by atoms with van der Waals surface area (Å²) in [6, 6.07) is 11.7. The Balaban J connectivity index is 2.37. The van der Waals surface area contributed by atoms with Crippen LogP contribution in [-0.4, -0.2) is 6.10 Å². The second kappa shape index (κ2) is 6.25. The Morgan fingerprint density at radius 1 is 1.15 bits per heavy atom. The molecule has 0 radical (unpaired) electrons. The van der Waals surface area contributed by atoms with Crippen LogP contribution < -0.4 is 10.5 Å². The standard InChI is InChI=1S/C16H17ClFNO/c1-10(2)20-15-6-4-3-5-12(15)16(19)11-7-8-14(18)13(17)9-11/h3-10,16H,19H2,1-2H3. The van der Waals surface area contributed by atoms with E-state index in [9.17, 15) is 4.39 Å². The van der Waals surface area contributed by atoms with Gasteiger partial charge in [0, 0.05) is 5.56 Å². The van der Waals surface area contributed by atoms with E-state index in [1.807, 2.05) is 38.1 Å². The smallest absolute Gasteiger partial charge is 0.141 e. The first-order chi connectivity index (χ1) is 9.49. The van der Waals surface area contributed by atoms with Crippen LogP contribution in [0.1, 0.15) is 31.0 Å². The van der Waals surface area contributed by atoms with Crippen LogP contribution >= 0.6 is 11.6 Å². The maximum atomic E-state index is 13.2. The molecule has 2 aromatic carbocycles. The van der Waals surface area contributed by atoms with Gasteiger partial charge in [-0.1, -0.05) is 35.9 Å². The van der Waals surface area contributed by atoms with E-state index in [1.54, 1.807) is 12.1 Å². The number of ether oxygens (including phenoxy) is 1. The van der Waals surface area contributed by atoms with Crippen molar-refractivity contribution in [2.45, 2.75) is 26.0 Å². The van der Waals surface area contributed by atoms with Gasteiger partial charge in [-0.25, -0.2) is 4.39 Å². The highest BCUT2D eigenvalue weighted by Crippen LogP contribution is 2.30. The Morgan fingerprint density at radius 3 is 2.50 bits per heavy atom. The van der Waals surface area contributed by atoms with E-state index in [0.29, 0.717) is 0 Å². The molecule has 2 rings (SSSR count). The molecule has 106 valence electrons. The Labute approximate surface area is 123 Å². The lowest BCUT2D eigenvalue weighted by molar-refractivity contribution is 0.239. The molecule has 20 heavy (non-hydrogen) atoms. The van der Waals surface area contributed by atoms with E-state index in [2.05, 4.69) is 0 Å². The zero-order valence-corrected chi connectivity index (χ0v) is 12.2.